The van der Waals surface area contributed by atoms with Gasteiger partial charge in [0.25, 0.3) is 5.91 Å². The first kappa shape index (κ1) is 10.6. The Morgan fingerprint density at radius 3 is 3.12 bits per heavy atom. The van der Waals surface area contributed by atoms with E-state index in [2.05, 4.69) is 5.32 Å². The van der Waals surface area contributed by atoms with Crippen molar-refractivity contribution in [3.8, 4) is 5.75 Å². The highest BCUT2D eigenvalue weighted by Crippen LogP contribution is 2.31. The zero-order chi connectivity index (χ0) is 11.7. The molecule has 0 aromatic heterocycles. The van der Waals surface area contributed by atoms with Gasteiger partial charge in [0.15, 0.2) is 6.61 Å². The summed E-state index contributed by atoms with van der Waals surface area (Å²) in [6.07, 6.45) is 2.34. The Bertz CT molecular complexity index is 427. The molecule has 2 aliphatic rings. The highest BCUT2D eigenvalue weighted by atomic mass is 16.5. The first-order valence-electron chi connectivity index (χ1n) is 6.10. The Morgan fingerprint density at radius 1 is 1.41 bits per heavy atom. The molecular weight excluding hydrogens is 216 g/mol. The molecule has 0 saturated carbocycles. The smallest absolute Gasteiger partial charge is 0.265 e. The Kier molecular flexibility index (Phi) is 2.73. The fourth-order valence-corrected chi connectivity index (χ4v) is 2.49. The van der Waals surface area contributed by atoms with Crippen LogP contribution >= 0.6 is 0 Å². The van der Waals surface area contributed by atoms with Crippen LogP contribution in [0.15, 0.2) is 24.3 Å². The van der Waals surface area contributed by atoms with Gasteiger partial charge in [0.2, 0.25) is 0 Å². The second-order valence-corrected chi connectivity index (χ2v) is 4.55. The lowest BCUT2D eigenvalue weighted by Gasteiger charge is -2.31. The van der Waals surface area contributed by atoms with Crippen molar-refractivity contribution in [3.05, 3.63) is 24.3 Å². The molecule has 1 aromatic carbocycles. The molecule has 1 saturated heterocycles. The highest BCUT2D eigenvalue weighted by molar-refractivity contribution is 5.97. The van der Waals surface area contributed by atoms with Gasteiger partial charge in [0.05, 0.1) is 5.69 Å². The number of anilines is 1. The molecule has 1 fully saturated rings. The first-order chi connectivity index (χ1) is 8.34. The van der Waals surface area contributed by atoms with Gasteiger partial charge in [-0.1, -0.05) is 12.1 Å². The molecule has 4 heteroatoms. The molecule has 90 valence electrons. The first-order valence-corrected chi connectivity index (χ1v) is 6.10. The van der Waals surface area contributed by atoms with E-state index in [1.54, 1.807) is 0 Å². The van der Waals surface area contributed by atoms with Gasteiger partial charge in [0.1, 0.15) is 5.75 Å². The van der Waals surface area contributed by atoms with Crippen molar-refractivity contribution in [2.45, 2.75) is 18.9 Å². The summed E-state index contributed by atoms with van der Waals surface area (Å²) in [6.45, 7) is 1.97. The topological polar surface area (TPSA) is 41.6 Å². The normalized spacial score (nSPS) is 23.4. The molecule has 4 nitrogen and oxygen atoms in total. The predicted molar refractivity (Wildman–Crippen MR) is 65.3 cm³/mol. The molecule has 1 aromatic rings. The minimum absolute atomic E-state index is 0.0531. The monoisotopic (exact) mass is 232 g/mol. The van der Waals surface area contributed by atoms with Crippen molar-refractivity contribution in [3.63, 3.8) is 0 Å². The number of benzene rings is 1. The number of para-hydroxylation sites is 2. The molecule has 0 unspecified atom stereocenters. The molecule has 1 N–H and O–H groups in total. The number of carbonyl (C=O) groups is 1. The van der Waals surface area contributed by atoms with Crippen LogP contribution in [0.1, 0.15) is 12.8 Å². The van der Waals surface area contributed by atoms with E-state index in [-0.39, 0.29) is 12.5 Å². The third-order valence-electron chi connectivity index (χ3n) is 3.37. The van der Waals surface area contributed by atoms with Crippen LogP contribution in [0.4, 0.5) is 5.69 Å². The molecule has 0 radical (unpaired) electrons. The van der Waals surface area contributed by atoms with Gasteiger partial charge in [-0.3, -0.25) is 4.79 Å². The molecular formula is C13H16N2O2. The number of ether oxygens (including phenoxy) is 1. The van der Waals surface area contributed by atoms with Gasteiger partial charge in [-0.2, -0.15) is 0 Å². The summed E-state index contributed by atoms with van der Waals surface area (Å²) in [6, 6.07) is 8.15. The van der Waals surface area contributed by atoms with Gasteiger partial charge in [0, 0.05) is 12.6 Å². The molecule has 1 atom stereocenters. The number of rotatable bonds is 2. The molecule has 2 aliphatic heterocycles. The van der Waals surface area contributed by atoms with Crippen molar-refractivity contribution in [2.24, 2.45) is 0 Å². The van der Waals surface area contributed by atoms with Gasteiger partial charge in [-0.05, 0) is 31.5 Å². The number of amides is 1. The van der Waals surface area contributed by atoms with Crippen LogP contribution in [0, 0.1) is 0 Å². The van der Waals surface area contributed by atoms with Crippen molar-refractivity contribution < 1.29 is 9.53 Å². The molecule has 0 spiro atoms. The van der Waals surface area contributed by atoms with Crippen LogP contribution in [0.5, 0.6) is 5.75 Å². The van der Waals surface area contributed by atoms with E-state index < -0.39 is 0 Å². The van der Waals surface area contributed by atoms with E-state index >= 15 is 0 Å². The number of hydrogen-bond donors (Lipinski definition) is 1. The van der Waals surface area contributed by atoms with Crippen LogP contribution in [-0.4, -0.2) is 31.6 Å². The van der Waals surface area contributed by atoms with Crippen LogP contribution in [-0.2, 0) is 4.79 Å². The number of fused-ring (bicyclic) bond motifs is 1. The van der Waals surface area contributed by atoms with Crippen molar-refractivity contribution in [1.82, 2.24) is 5.32 Å². The van der Waals surface area contributed by atoms with E-state index in [9.17, 15) is 4.79 Å². The Labute approximate surface area is 101 Å². The van der Waals surface area contributed by atoms with Crippen molar-refractivity contribution in [2.75, 3.05) is 24.6 Å². The lowest BCUT2D eigenvalue weighted by atomic mass is 10.1. The van der Waals surface area contributed by atoms with E-state index in [0.717, 1.165) is 30.9 Å². The lowest BCUT2D eigenvalue weighted by Crippen LogP contribution is -2.45. The quantitative estimate of drug-likeness (QED) is 0.832. The zero-order valence-corrected chi connectivity index (χ0v) is 9.69. The average molecular weight is 232 g/mol. The molecule has 0 bridgehead atoms. The minimum atomic E-state index is 0.0531. The van der Waals surface area contributed by atoms with Gasteiger partial charge < -0.3 is 15.0 Å². The van der Waals surface area contributed by atoms with Crippen LogP contribution < -0.4 is 15.0 Å². The fraction of sp³-hybridized carbons (Fsp3) is 0.462. The number of nitrogens with zero attached hydrogens (tertiary/aromatic N) is 1. The number of carbonyl (C=O) groups excluding carboxylic acids is 1. The third-order valence-corrected chi connectivity index (χ3v) is 3.37. The highest BCUT2D eigenvalue weighted by Gasteiger charge is 2.28. The summed E-state index contributed by atoms with van der Waals surface area (Å²) in [4.78, 5) is 13.8. The lowest BCUT2D eigenvalue weighted by molar-refractivity contribution is -0.121. The van der Waals surface area contributed by atoms with E-state index in [1.165, 1.54) is 6.42 Å². The summed E-state index contributed by atoms with van der Waals surface area (Å²) in [5, 5.41) is 3.42. The van der Waals surface area contributed by atoms with E-state index in [1.807, 2.05) is 29.2 Å². The van der Waals surface area contributed by atoms with Crippen LogP contribution in [0.25, 0.3) is 0 Å². The Morgan fingerprint density at radius 2 is 2.29 bits per heavy atom. The second-order valence-electron chi connectivity index (χ2n) is 4.55. The second kappa shape index (κ2) is 4.37. The number of hydrogen-bond acceptors (Lipinski definition) is 3. The van der Waals surface area contributed by atoms with Crippen LogP contribution in [0.3, 0.4) is 0 Å². The average Bonchev–Trinajstić information content (AvgIpc) is 2.86. The zero-order valence-electron chi connectivity index (χ0n) is 9.69. The molecule has 2 heterocycles. The van der Waals surface area contributed by atoms with Crippen LogP contribution in [0.2, 0.25) is 0 Å². The van der Waals surface area contributed by atoms with Gasteiger partial charge >= 0.3 is 0 Å². The Hall–Kier alpha value is -1.55. The third kappa shape index (κ3) is 2.00. The maximum atomic E-state index is 11.9. The van der Waals surface area contributed by atoms with Crippen molar-refractivity contribution in [1.29, 1.82) is 0 Å². The summed E-state index contributed by atoms with van der Waals surface area (Å²) in [5.74, 6) is 0.863. The SMILES string of the molecule is O=C1COc2ccccc2N1C[C@@H]1CCCN1. The number of nitrogens with one attached hydrogen (secondary N) is 1. The minimum Gasteiger partial charge on any atom is -0.482 e. The van der Waals surface area contributed by atoms with Gasteiger partial charge in [-0.25, -0.2) is 0 Å². The largest absolute Gasteiger partial charge is 0.482 e. The fourth-order valence-electron chi connectivity index (χ4n) is 2.49. The van der Waals surface area contributed by atoms with Gasteiger partial charge in [-0.15, -0.1) is 0 Å². The summed E-state index contributed by atoms with van der Waals surface area (Å²) >= 11 is 0. The molecule has 1 amide bonds. The van der Waals surface area contributed by atoms with E-state index in [4.69, 9.17) is 4.74 Å². The molecule has 17 heavy (non-hydrogen) atoms. The van der Waals surface area contributed by atoms with Crippen molar-refractivity contribution >= 4 is 11.6 Å². The molecule has 0 aliphatic carbocycles. The predicted octanol–water partition coefficient (Wildman–Crippen LogP) is 1.16. The standard InChI is InChI=1S/C13H16N2O2/c16-13-9-17-12-6-2-1-5-11(12)15(13)8-10-4-3-7-14-10/h1-2,5-6,10,14H,3-4,7-9H2/t10-/m0/s1. The Balaban J connectivity index is 1.84. The van der Waals surface area contributed by atoms with E-state index in [0.29, 0.717) is 6.04 Å². The molecule has 3 rings (SSSR count). The maximum Gasteiger partial charge on any atom is 0.265 e. The summed E-state index contributed by atoms with van der Waals surface area (Å²) in [5.41, 5.74) is 0.900. The summed E-state index contributed by atoms with van der Waals surface area (Å²) < 4.78 is 5.42. The summed E-state index contributed by atoms with van der Waals surface area (Å²) in [7, 11) is 0. The maximum absolute atomic E-state index is 11.9.